The molecule has 1 saturated heterocycles. The lowest BCUT2D eigenvalue weighted by Gasteiger charge is -2.12. The molecule has 0 aliphatic carbocycles. The van der Waals surface area contributed by atoms with Crippen molar-refractivity contribution in [2.45, 2.75) is 39.4 Å². The Morgan fingerprint density at radius 1 is 1.44 bits per heavy atom. The molecule has 16 heavy (non-hydrogen) atoms. The van der Waals surface area contributed by atoms with Gasteiger partial charge in [0.05, 0.1) is 12.7 Å². The predicted octanol–water partition coefficient (Wildman–Crippen LogP) is 2.44. The summed E-state index contributed by atoms with van der Waals surface area (Å²) in [5.74, 6) is 0. The first-order chi connectivity index (χ1) is 7.79. The topological polar surface area (TPSA) is 21.3 Å². The molecule has 0 saturated carbocycles. The van der Waals surface area contributed by atoms with Gasteiger partial charge in [-0.1, -0.05) is 25.1 Å². The minimum atomic E-state index is 0.409. The van der Waals surface area contributed by atoms with Gasteiger partial charge in [-0.05, 0) is 43.0 Å². The molecule has 0 spiro atoms. The summed E-state index contributed by atoms with van der Waals surface area (Å²) in [6, 6.07) is 6.65. The first kappa shape index (κ1) is 11.6. The van der Waals surface area contributed by atoms with Gasteiger partial charge in [0.15, 0.2) is 0 Å². The average molecular weight is 219 g/mol. The zero-order chi connectivity index (χ0) is 11.4. The van der Waals surface area contributed by atoms with Crippen molar-refractivity contribution in [2.75, 3.05) is 13.1 Å². The summed E-state index contributed by atoms with van der Waals surface area (Å²) in [4.78, 5) is 0. The maximum atomic E-state index is 5.87. The van der Waals surface area contributed by atoms with Crippen molar-refractivity contribution in [1.82, 2.24) is 5.32 Å². The molecule has 1 fully saturated rings. The van der Waals surface area contributed by atoms with E-state index in [4.69, 9.17) is 4.74 Å². The van der Waals surface area contributed by atoms with Crippen LogP contribution in [0, 0.1) is 6.92 Å². The first-order valence-electron chi connectivity index (χ1n) is 6.20. The molecule has 0 unspecified atom stereocenters. The van der Waals surface area contributed by atoms with E-state index in [0.717, 1.165) is 32.5 Å². The maximum absolute atomic E-state index is 5.87. The fourth-order valence-corrected chi connectivity index (χ4v) is 2.18. The third-order valence-corrected chi connectivity index (χ3v) is 3.30. The zero-order valence-corrected chi connectivity index (χ0v) is 10.3. The van der Waals surface area contributed by atoms with E-state index >= 15 is 0 Å². The van der Waals surface area contributed by atoms with E-state index in [2.05, 4.69) is 37.4 Å². The predicted molar refractivity (Wildman–Crippen MR) is 66.6 cm³/mol. The third-order valence-electron chi connectivity index (χ3n) is 3.30. The molecule has 0 amide bonds. The molecular weight excluding hydrogens is 198 g/mol. The van der Waals surface area contributed by atoms with Gasteiger partial charge in [0.1, 0.15) is 0 Å². The highest BCUT2D eigenvalue weighted by Gasteiger charge is 2.14. The number of nitrogens with one attached hydrogen (secondary N) is 1. The van der Waals surface area contributed by atoms with E-state index in [1.165, 1.54) is 16.7 Å². The lowest BCUT2D eigenvalue weighted by atomic mass is 10.0. The molecule has 1 aliphatic heterocycles. The highest BCUT2D eigenvalue weighted by Crippen LogP contribution is 2.14. The molecule has 2 heteroatoms. The molecule has 0 radical (unpaired) electrons. The standard InChI is InChI=1S/C14H21NO/c1-3-13-8-12(5-4-11(13)2)10-16-14-6-7-15-9-14/h4-5,8,14-15H,3,6-7,9-10H2,1-2H3/t14-/m1/s1. The van der Waals surface area contributed by atoms with Gasteiger partial charge in [0.2, 0.25) is 0 Å². The van der Waals surface area contributed by atoms with Crippen LogP contribution in [0.25, 0.3) is 0 Å². The molecule has 88 valence electrons. The zero-order valence-electron chi connectivity index (χ0n) is 10.3. The summed E-state index contributed by atoms with van der Waals surface area (Å²) in [6.07, 6.45) is 2.66. The Balaban J connectivity index is 1.93. The number of rotatable bonds is 4. The quantitative estimate of drug-likeness (QED) is 0.840. The Hall–Kier alpha value is -0.860. The SMILES string of the molecule is CCc1cc(CO[C@@H]2CCNC2)ccc1C. The number of ether oxygens (including phenoxy) is 1. The van der Waals surface area contributed by atoms with Crippen LogP contribution >= 0.6 is 0 Å². The van der Waals surface area contributed by atoms with Crippen molar-refractivity contribution < 1.29 is 4.74 Å². The van der Waals surface area contributed by atoms with Gasteiger partial charge < -0.3 is 10.1 Å². The number of hydrogen-bond acceptors (Lipinski definition) is 2. The normalized spacial score (nSPS) is 20.2. The van der Waals surface area contributed by atoms with Crippen molar-refractivity contribution in [3.05, 3.63) is 34.9 Å². The van der Waals surface area contributed by atoms with Gasteiger partial charge in [0.25, 0.3) is 0 Å². The van der Waals surface area contributed by atoms with Gasteiger partial charge in [0, 0.05) is 6.54 Å². The van der Waals surface area contributed by atoms with Crippen LogP contribution in [0.2, 0.25) is 0 Å². The Morgan fingerprint density at radius 2 is 2.31 bits per heavy atom. The number of hydrogen-bond donors (Lipinski definition) is 1. The summed E-state index contributed by atoms with van der Waals surface area (Å²) in [6.45, 7) is 7.23. The number of benzene rings is 1. The molecule has 1 aliphatic rings. The van der Waals surface area contributed by atoms with Crippen LogP contribution in [0.3, 0.4) is 0 Å². The Kier molecular flexibility index (Phi) is 3.97. The summed E-state index contributed by atoms with van der Waals surface area (Å²) >= 11 is 0. The van der Waals surface area contributed by atoms with Gasteiger partial charge in [-0.25, -0.2) is 0 Å². The van der Waals surface area contributed by atoms with E-state index in [1.54, 1.807) is 0 Å². The first-order valence-corrected chi connectivity index (χ1v) is 6.20. The highest BCUT2D eigenvalue weighted by molar-refractivity contribution is 5.30. The van der Waals surface area contributed by atoms with Gasteiger partial charge >= 0.3 is 0 Å². The molecule has 2 rings (SSSR count). The molecule has 2 nitrogen and oxygen atoms in total. The smallest absolute Gasteiger partial charge is 0.0721 e. The van der Waals surface area contributed by atoms with Crippen LogP contribution in [0.15, 0.2) is 18.2 Å². The molecule has 0 bridgehead atoms. The van der Waals surface area contributed by atoms with Crippen LogP contribution in [-0.4, -0.2) is 19.2 Å². The second kappa shape index (κ2) is 5.46. The van der Waals surface area contributed by atoms with E-state index in [-0.39, 0.29) is 0 Å². The summed E-state index contributed by atoms with van der Waals surface area (Å²) in [5, 5.41) is 3.32. The molecule has 1 aromatic carbocycles. The lowest BCUT2D eigenvalue weighted by molar-refractivity contribution is 0.0542. The Labute approximate surface area is 98.0 Å². The Bertz CT molecular complexity index is 343. The largest absolute Gasteiger partial charge is 0.372 e. The molecular formula is C14H21NO. The van der Waals surface area contributed by atoms with Crippen LogP contribution in [0.5, 0.6) is 0 Å². The van der Waals surface area contributed by atoms with E-state index in [9.17, 15) is 0 Å². The second-order valence-corrected chi connectivity index (χ2v) is 4.54. The fourth-order valence-electron chi connectivity index (χ4n) is 2.18. The van der Waals surface area contributed by atoms with Crippen molar-refractivity contribution in [2.24, 2.45) is 0 Å². The van der Waals surface area contributed by atoms with Crippen LogP contribution in [0.1, 0.15) is 30.0 Å². The average Bonchev–Trinajstić information content (AvgIpc) is 2.81. The van der Waals surface area contributed by atoms with Gasteiger partial charge in [-0.3, -0.25) is 0 Å². The number of aryl methyl sites for hydroxylation is 2. The van der Waals surface area contributed by atoms with Crippen LogP contribution in [0.4, 0.5) is 0 Å². The summed E-state index contributed by atoms with van der Waals surface area (Å²) in [7, 11) is 0. The van der Waals surface area contributed by atoms with Gasteiger partial charge in [-0.15, -0.1) is 0 Å². The van der Waals surface area contributed by atoms with E-state index in [1.807, 2.05) is 0 Å². The minimum Gasteiger partial charge on any atom is -0.372 e. The third kappa shape index (κ3) is 2.83. The Morgan fingerprint density at radius 3 is 3.00 bits per heavy atom. The van der Waals surface area contributed by atoms with Gasteiger partial charge in [-0.2, -0.15) is 0 Å². The summed E-state index contributed by atoms with van der Waals surface area (Å²) < 4.78 is 5.87. The maximum Gasteiger partial charge on any atom is 0.0721 e. The monoisotopic (exact) mass is 219 g/mol. The second-order valence-electron chi connectivity index (χ2n) is 4.54. The lowest BCUT2D eigenvalue weighted by Crippen LogP contribution is -2.16. The fraction of sp³-hybridized carbons (Fsp3) is 0.571. The van der Waals surface area contributed by atoms with Crippen LogP contribution in [-0.2, 0) is 17.8 Å². The van der Waals surface area contributed by atoms with Crippen LogP contribution < -0.4 is 5.32 Å². The van der Waals surface area contributed by atoms with E-state index in [0.29, 0.717) is 6.10 Å². The molecule has 1 N–H and O–H groups in total. The molecule has 1 aromatic rings. The molecule has 1 heterocycles. The minimum absolute atomic E-state index is 0.409. The molecule has 1 atom stereocenters. The molecule has 0 aromatic heterocycles. The summed E-state index contributed by atoms with van der Waals surface area (Å²) in [5.41, 5.74) is 4.12. The highest BCUT2D eigenvalue weighted by atomic mass is 16.5. The van der Waals surface area contributed by atoms with E-state index < -0.39 is 0 Å². The van der Waals surface area contributed by atoms with Crippen molar-refractivity contribution in [3.63, 3.8) is 0 Å². The van der Waals surface area contributed by atoms with Crippen molar-refractivity contribution >= 4 is 0 Å². The van der Waals surface area contributed by atoms with Crippen molar-refractivity contribution in [3.8, 4) is 0 Å². The van der Waals surface area contributed by atoms with Crippen molar-refractivity contribution in [1.29, 1.82) is 0 Å².